The summed E-state index contributed by atoms with van der Waals surface area (Å²) in [7, 11) is 1.65. The molecule has 0 aromatic heterocycles. The van der Waals surface area contributed by atoms with Crippen LogP contribution in [0.2, 0.25) is 0 Å². The zero-order valence-corrected chi connectivity index (χ0v) is 12.2. The van der Waals surface area contributed by atoms with Crippen LogP contribution in [-0.2, 0) is 0 Å². The van der Waals surface area contributed by atoms with Crippen LogP contribution in [-0.4, -0.2) is 24.3 Å². The number of methoxy groups -OCH3 is 1. The number of nitro benzene ring substituents is 1. The normalized spacial score (nSPS) is 17.1. The fourth-order valence-electron chi connectivity index (χ4n) is 2.67. The highest BCUT2D eigenvalue weighted by Gasteiger charge is 2.21. The van der Waals surface area contributed by atoms with Crippen LogP contribution in [0, 0.1) is 10.1 Å². The fraction of sp³-hybridized carbons (Fsp3) is 0.235. The predicted octanol–water partition coefficient (Wildman–Crippen LogP) is 3.58. The van der Waals surface area contributed by atoms with E-state index in [2.05, 4.69) is 17.1 Å². The maximum absolute atomic E-state index is 10.7. The van der Waals surface area contributed by atoms with Crippen LogP contribution in [0.1, 0.15) is 23.5 Å². The maximum Gasteiger partial charge on any atom is 0.269 e. The third-order valence-electron chi connectivity index (χ3n) is 3.94. The van der Waals surface area contributed by atoms with Gasteiger partial charge in [-0.15, -0.1) is 0 Å². The first-order chi connectivity index (χ1) is 10.7. The summed E-state index contributed by atoms with van der Waals surface area (Å²) in [5.41, 5.74) is 3.31. The number of rotatable bonds is 4. The van der Waals surface area contributed by atoms with E-state index in [0.29, 0.717) is 5.92 Å². The Balaban J connectivity index is 1.71. The van der Waals surface area contributed by atoms with Gasteiger partial charge >= 0.3 is 0 Å². The van der Waals surface area contributed by atoms with Crippen molar-refractivity contribution in [3.63, 3.8) is 0 Å². The molecule has 22 heavy (non-hydrogen) atoms. The molecule has 0 saturated heterocycles. The number of nitro groups is 1. The van der Waals surface area contributed by atoms with Gasteiger partial charge in [0.1, 0.15) is 5.75 Å². The molecule has 5 nitrogen and oxygen atoms in total. The largest absolute Gasteiger partial charge is 0.497 e. The third kappa shape index (κ3) is 2.83. The summed E-state index contributed by atoms with van der Waals surface area (Å²) in [6.45, 7) is 0.749. The lowest BCUT2D eigenvalue weighted by atomic mass is 9.94. The average molecular weight is 296 g/mol. The molecule has 0 N–H and O–H groups in total. The molecule has 0 amide bonds. The Bertz CT molecular complexity index is 706. The molecule has 112 valence electrons. The van der Waals surface area contributed by atoms with E-state index in [1.165, 1.54) is 17.7 Å². The van der Waals surface area contributed by atoms with Gasteiger partial charge in [-0.05, 0) is 41.8 Å². The molecule has 0 fully saturated rings. The van der Waals surface area contributed by atoms with Crippen molar-refractivity contribution in [2.45, 2.75) is 12.3 Å². The highest BCUT2D eigenvalue weighted by atomic mass is 16.6. The Labute approximate surface area is 128 Å². The standard InChI is InChI=1S/C17H16N2O3/c1-22-16-8-4-12(5-9-16)14-10-17(18-11-14)13-2-6-15(7-3-13)19(20)21/h2-9,14H,10-11H2,1H3. The van der Waals surface area contributed by atoms with Crippen LogP contribution in [0.15, 0.2) is 53.5 Å². The summed E-state index contributed by atoms with van der Waals surface area (Å²) >= 11 is 0. The molecule has 1 aliphatic heterocycles. The molecule has 0 aliphatic carbocycles. The fourth-order valence-corrected chi connectivity index (χ4v) is 2.67. The molecular weight excluding hydrogens is 280 g/mol. The summed E-state index contributed by atoms with van der Waals surface area (Å²) in [4.78, 5) is 14.9. The molecule has 1 unspecified atom stereocenters. The van der Waals surface area contributed by atoms with E-state index >= 15 is 0 Å². The van der Waals surface area contributed by atoms with Gasteiger partial charge in [-0.3, -0.25) is 15.1 Å². The van der Waals surface area contributed by atoms with Crippen LogP contribution < -0.4 is 4.74 Å². The molecule has 1 atom stereocenters. The van der Waals surface area contributed by atoms with Crippen molar-refractivity contribution in [1.82, 2.24) is 0 Å². The van der Waals surface area contributed by atoms with Gasteiger partial charge in [0, 0.05) is 30.3 Å². The van der Waals surface area contributed by atoms with Gasteiger partial charge in [-0.2, -0.15) is 0 Å². The van der Waals surface area contributed by atoms with Gasteiger partial charge in [-0.25, -0.2) is 0 Å². The van der Waals surface area contributed by atoms with E-state index in [0.717, 1.165) is 30.0 Å². The monoisotopic (exact) mass is 296 g/mol. The summed E-state index contributed by atoms with van der Waals surface area (Å²) in [5.74, 6) is 1.20. The average Bonchev–Trinajstić information content (AvgIpc) is 3.05. The first-order valence-corrected chi connectivity index (χ1v) is 7.09. The Hall–Kier alpha value is -2.69. The van der Waals surface area contributed by atoms with Crippen molar-refractivity contribution in [3.05, 3.63) is 69.8 Å². The number of hydrogen-bond donors (Lipinski definition) is 0. The van der Waals surface area contributed by atoms with E-state index in [1.54, 1.807) is 19.2 Å². The summed E-state index contributed by atoms with van der Waals surface area (Å²) in [5, 5.41) is 10.7. The van der Waals surface area contributed by atoms with E-state index in [1.807, 2.05) is 12.1 Å². The molecule has 0 radical (unpaired) electrons. The van der Waals surface area contributed by atoms with E-state index < -0.39 is 0 Å². The van der Waals surface area contributed by atoms with Crippen LogP contribution in [0.5, 0.6) is 5.75 Å². The van der Waals surface area contributed by atoms with Crippen LogP contribution in [0.4, 0.5) is 5.69 Å². The Morgan fingerprint density at radius 2 is 1.82 bits per heavy atom. The summed E-state index contributed by atoms with van der Waals surface area (Å²) in [6, 6.07) is 14.6. The van der Waals surface area contributed by atoms with Gasteiger partial charge < -0.3 is 4.74 Å². The van der Waals surface area contributed by atoms with Gasteiger partial charge in [0.2, 0.25) is 0 Å². The molecule has 2 aromatic carbocycles. The second kappa shape index (κ2) is 5.97. The number of non-ortho nitro benzene ring substituents is 1. The van der Waals surface area contributed by atoms with Crippen molar-refractivity contribution in [2.75, 3.05) is 13.7 Å². The number of hydrogen-bond acceptors (Lipinski definition) is 4. The van der Waals surface area contributed by atoms with Crippen molar-refractivity contribution in [1.29, 1.82) is 0 Å². The zero-order valence-electron chi connectivity index (χ0n) is 12.2. The molecular formula is C17H16N2O3. The minimum absolute atomic E-state index is 0.106. The van der Waals surface area contributed by atoms with Gasteiger partial charge in [-0.1, -0.05) is 12.1 Å². The first kappa shape index (κ1) is 14.3. The molecule has 3 rings (SSSR count). The third-order valence-corrected chi connectivity index (χ3v) is 3.94. The Morgan fingerprint density at radius 3 is 2.41 bits per heavy atom. The first-order valence-electron chi connectivity index (χ1n) is 7.09. The minimum atomic E-state index is -0.388. The summed E-state index contributed by atoms with van der Waals surface area (Å²) in [6.07, 6.45) is 0.851. The van der Waals surface area contributed by atoms with Crippen LogP contribution in [0.25, 0.3) is 0 Å². The lowest BCUT2D eigenvalue weighted by molar-refractivity contribution is -0.384. The number of aliphatic imine (C=N–C) groups is 1. The summed E-state index contributed by atoms with van der Waals surface area (Å²) < 4.78 is 5.17. The quantitative estimate of drug-likeness (QED) is 0.640. The van der Waals surface area contributed by atoms with E-state index in [9.17, 15) is 10.1 Å². The Morgan fingerprint density at radius 1 is 1.14 bits per heavy atom. The smallest absolute Gasteiger partial charge is 0.269 e. The lowest BCUT2D eigenvalue weighted by Crippen LogP contribution is -2.02. The van der Waals surface area contributed by atoms with E-state index in [-0.39, 0.29) is 10.6 Å². The number of nitrogens with zero attached hydrogens (tertiary/aromatic N) is 2. The van der Waals surface area contributed by atoms with Crippen molar-refractivity contribution >= 4 is 11.4 Å². The molecule has 1 aliphatic rings. The Kier molecular flexibility index (Phi) is 3.87. The van der Waals surface area contributed by atoms with Crippen molar-refractivity contribution in [2.24, 2.45) is 4.99 Å². The van der Waals surface area contributed by atoms with Gasteiger partial charge in [0.25, 0.3) is 5.69 Å². The van der Waals surface area contributed by atoms with Gasteiger partial charge in [0.05, 0.1) is 12.0 Å². The maximum atomic E-state index is 10.7. The molecule has 0 bridgehead atoms. The van der Waals surface area contributed by atoms with Crippen LogP contribution in [0.3, 0.4) is 0 Å². The number of benzene rings is 2. The molecule has 0 spiro atoms. The second-order valence-electron chi connectivity index (χ2n) is 5.27. The van der Waals surface area contributed by atoms with E-state index in [4.69, 9.17) is 4.74 Å². The van der Waals surface area contributed by atoms with Gasteiger partial charge in [0.15, 0.2) is 0 Å². The lowest BCUT2D eigenvalue weighted by Gasteiger charge is -2.10. The molecule has 0 saturated carbocycles. The molecule has 1 heterocycles. The highest BCUT2D eigenvalue weighted by Crippen LogP contribution is 2.29. The molecule has 2 aromatic rings. The zero-order chi connectivity index (χ0) is 15.5. The topological polar surface area (TPSA) is 64.7 Å². The predicted molar refractivity (Wildman–Crippen MR) is 84.9 cm³/mol. The van der Waals surface area contributed by atoms with Crippen molar-refractivity contribution in [3.8, 4) is 5.75 Å². The van der Waals surface area contributed by atoms with Crippen LogP contribution >= 0.6 is 0 Å². The minimum Gasteiger partial charge on any atom is -0.497 e. The number of ether oxygens (including phenoxy) is 1. The second-order valence-corrected chi connectivity index (χ2v) is 5.27. The molecule has 5 heteroatoms. The SMILES string of the molecule is COc1ccc(C2CN=C(c3ccc([N+](=O)[O-])cc3)C2)cc1. The van der Waals surface area contributed by atoms with Crippen molar-refractivity contribution < 1.29 is 9.66 Å². The highest BCUT2D eigenvalue weighted by molar-refractivity contribution is 6.02.